The van der Waals surface area contributed by atoms with E-state index < -0.39 is 0 Å². The molecule has 0 heterocycles. The van der Waals surface area contributed by atoms with Crippen LogP contribution in [0.5, 0.6) is 0 Å². The second kappa shape index (κ2) is 12.3. The Morgan fingerprint density at radius 2 is 0.818 bits per heavy atom. The molecule has 3 nitrogen and oxygen atoms in total. The fraction of sp³-hybridized carbons (Fsp3) is 1.00. The zero-order valence-electron chi connectivity index (χ0n) is 16.0. The highest BCUT2D eigenvalue weighted by molar-refractivity contribution is 4.61. The van der Waals surface area contributed by atoms with Crippen molar-refractivity contribution in [2.45, 2.75) is 73.6 Å². The molecule has 0 spiro atoms. The van der Waals surface area contributed by atoms with Crippen molar-refractivity contribution in [2.24, 2.45) is 10.8 Å². The summed E-state index contributed by atoms with van der Waals surface area (Å²) in [6, 6.07) is 0. The van der Waals surface area contributed by atoms with Crippen LogP contribution in [0.2, 0.25) is 0 Å². The van der Waals surface area contributed by atoms with Crippen LogP contribution in [0.15, 0.2) is 0 Å². The number of ether oxygens (including phenoxy) is 3. The summed E-state index contributed by atoms with van der Waals surface area (Å²) in [5.74, 6) is 0. The van der Waals surface area contributed by atoms with Crippen LogP contribution < -0.4 is 0 Å². The van der Waals surface area contributed by atoms with Gasteiger partial charge in [0.05, 0.1) is 26.4 Å². The first-order valence-corrected chi connectivity index (χ1v) is 8.94. The summed E-state index contributed by atoms with van der Waals surface area (Å²) in [5, 5.41) is 0. The Morgan fingerprint density at radius 3 is 1.27 bits per heavy atom. The van der Waals surface area contributed by atoms with E-state index in [9.17, 15) is 0 Å². The van der Waals surface area contributed by atoms with Crippen LogP contribution in [0.4, 0.5) is 0 Å². The Kier molecular flexibility index (Phi) is 12.3. The van der Waals surface area contributed by atoms with Crippen molar-refractivity contribution in [1.82, 2.24) is 0 Å². The molecule has 134 valence electrons. The lowest BCUT2D eigenvalue weighted by Gasteiger charge is -2.17. The molecular formula is C19H40O3. The number of rotatable bonds is 13. The van der Waals surface area contributed by atoms with Crippen molar-refractivity contribution in [3.05, 3.63) is 0 Å². The molecule has 3 heteroatoms. The SMILES string of the molecule is CC(C)(C)CCCCOCCOCCOCCCC(C)(C)C. The number of hydrogen-bond donors (Lipinski definition) is 0. The standard InChI is InChI=1S/C19H40O3/c1-18(2,3)10-7-8-12-20-14-16-22-17-15-21-13-9-11-19(4,5)6/h7-17H2,1-6H3. The zero-order valence-corrected chi connectivity index (χ0v) is 16.0. The average molecular weight is 317 g/mol. The maximum Gasteiger partial charge on any atom is 0.0701 e. The van der Waals surface area contributed by atoms with Gasteiger partial charge in [0.25, 0.3) is 0 Å². The molecule has 0 N–H and O–H groups in total. The van der Waals surface area contributed by atoms with E-state index in [4.69, 9.17) is 14.2 Å². The van der Waals surface area contributed by atoms with Crippen molar-refractivity contribution in [2.75, 3.05) is 39.6 Å². The number of unbranched alkanes of at least 4 members (excludes halogenated alkanes) is 1. The van der Waals surface area contributed by atoms with Crippen LogP contribution in [-0.4, -0.2) is 39.6 Å². The molecule has 0 aliphatic carbocycles. The second-order valence-corrected chi connectivity index (χ2v) is 8.52. The van der Waals surface area contributed by atoms with E-state index in [0.29, 0.717) is 37.3 Å². The molecule has 0 fully saturated rings. The quantitative estimate of drug-likeness (QED) is 0.444. The summed E-state index contributed by atoms with van der Waals surface area (Å²) in [6.07, 6.45) is 5.98. The highest BCUT2D eigenvalue weighted by Crippen LogP contribution is 2.21. The summed E-state index contributed by atoms with van der Waals surface area (Å²) < 4.78 is 16.6. The van der Waals surface area contributed by atoms with Crippen molar-refractivity contribution in [3.8, 4) is 0 Å². The van der Waals surface area contributed by atoms with Crippen LogP contribution in [0.1, 0.15) is 73.6 Å². The molecule has 0 aliphatic heterocycles. The lowest BCUT2D eigenvalue weighted by molar-refractivity contribution is 0.0121. The fourth-order valence-electron chi connectivity index (χ4n) is 2.11. The van der Waals surface area contributed by atoms with Gasteiger partial charge in [0.15, 0.2) is 0 Å². The van der Waals surface area contributed by atoms with E-state index in [0.717, 1.165) is 26.1 Å². The highest BCUT2D eigenvalue weighted by atomic mass is 16.5. The Morgan fingerprint density at radius 1 is 0.455 bits per heavy atom. The van der Waals surface area contributed by atoms with Crippen molar-refractivity contribution in [1.29, 1.82) is 0 Å². The molecule has 0 unspecified atom stereocenters. The molecule has 0 saturated carbocycles. The third-order valence-electron chi connectivity index (χ3n) is 3.42. The lowest BCUT2D eigenvalue weighted by atomic mass is 9.90. The molecule has 0 amide bonds. The molecule has 0 rings (SSSR count). The van der Waals surface area contributed by atoms with Crippen molar-refractivity contribution in [3.63, 3.8) is 0 Å². The van der Waals surface area contributed by atoms with E-state index in [2.05, 4.69) is 41.5 Å². The summed E-state index contributed by atoms with van der Waals surface area (Å²) in [5.41, 5.74) is 0.847. The molecule has 22 heavy (non-hydrogen) atoms. The molecule has 0 saturated heterocycles. The van der Waals surface area contributed by atoms with Gasteiger partial charge in [0, 0.05) is 13.2 Å². The highest BCUT2D eigenvalue weighted by Gasteiger charge is 2.09. The van der Waals surface area contributed by atoms with Gasteiger partial charge in [-0.05, 0) is 36.5 Å². The molecule has 0 atom stereocenters. The van der Waals surface area contributed by atoms with Gasteiger partial charge < -0.3 is 14.2 Å². The van der Waals surface area contributed by atoms with Gasteiger partial charge in [-0.25, -0.2) is 0 Å². The van der Waals surface area contributed by atoms with Gasteiger partial charge >= 0.3 is 0 Å². The summed E-state index contributed by atoms with van der Waals surface area (Å²) in [7, 11) is 0. The minimum absolute atomic E-state index is 0.407. The lowest BCUT2D eigenvalue weighted by Crippen LogP contribution is -2.11. The largest absolute Gasteiger partial charge is 0.379 e. The molecule has 0 aromatic rings. The van der Waals surface area contributed by atoms with Crippen molar-refractivity contribution < 1.29 is 14.2 Å². The third kappa shape index (κ3) is 19.9. The maximum atomic E-state index is 5.57. The monoisotopic (exact) mass is 316 g/mol. The molecular weight excluding hydrogens is 276 g/mol. The first kappa shape index (κ1) is 21.9. The van der Waals surface area contributed by atoms with E-state index in [1.54, 1.807) is 0 Å². The minimum atomic E-state index is 0.407. The van der Waals surface area contributed by atoms with Crippen LogP contribution in [0.25, 0.3) is 0 Å². The Bertz CT molecular complexity index is 212. The van der Waals surface area contributed by atoms with E-state index in [1.807, 2.05) is 0 Å². The molecule has 0 aromatic heterocycles. The van der Waals surface area contributed by atoms with Gasteiger partial charge in [-0.2, -0.15) is 0 Å². The van der Waals surface area contributed by atoms with E-state index in [-0.39, 0.29) is 0 Å². The van der Waals surface area contributed by atoms with Gasteiger partial charge in [-0.15, -0.1) is 0 Å². The molecule has 0 radical (unpaired) electrons. The second-order valence-electron chi connectivity index (χ2n) is 8.52. The van der Waals surface area contributed by atoms with E-state index >= 15 is 0 Å². The van der Waals surface area contributed by atoms with Gasteiger partial charge in [-0.1, -0.05) is 48.0 Å². The Balaban J connectivity index is 3.09. The van der Waals surface area contributed by atoms with E-state index in [1.165, 1.54) is 19.3 Å². The van der Waals surface area contributed by atoms with Crippen LogP contribution in [-0.2, 0) is 14.2 Å². The maximum absolute atomic E-state index is 5.57. The van der Waals surface area contributed by atoms with Gasteiger partial charge in [0.1, 0.15) is 0 Å². The predicted molar refractivity (Wildman–Crippen MR) is 94.5 cm³/mol. The Hall–Kier alpha value is -0.120. The topological polar surface area (TPSA) is 27.7 Å². The first-order chi connectivity index (χ1) is 10.2. The first-order valence-electron chi connectivity index (χ1n) is 8.94. The smallest absolute Gasteiger partial charge is 0.0701 e. The number of hydrogen-bond acceptors (Lipinski definition) is 3. The molecule has 0 aromatic carbocycles. The van der Waals surface area contributed by atoms with Crippen molar-refractivity contribution >= 4 is 0 Å². The summed E-state index contributed by atoms with van der Waals surface area (Å²) in [4.78, 5) is 0. The fourth-order valence-corrected chi connectivity index (χ4v) is 2.11. The van der Waals surface area contributed by atoms with Crippen LogP contribution in [0.3, 0.4) is 0 Å². The molecule has 0 aliphatic rings. The Labute approximate surface area is 139 Å². The van der Waals surface area contributed by atoms with Gasteiger partial charge in [0.2, 0.25) is 0 Å². The predicted octanol–water partition coefficient (Wildman–Crippen LogP) is 5.08. The van der Waals surface area contributed by atoms with Crippen LogP contribution >= 0.6 is 0 Å². The average Bonchev–Trinajstić information content (AvgIpc) is 2.36. The minimum Gasteiger partial charge on any atom is -0.379 e. The summed E-state index contributed by atoms with van der Waals surface area (Å²) in [6.45, 7) is 18.1. The zero-order chi connectivity index (χ0) is 16.9. The third-order valence-corrected chi connectivity index (χ3v) is 3.42. The normalized spacial score (nSPS) is 12.8. The van der Waals surface area contributed by atoms with Gasteiger partial charge in [-0.3, -0.25) is 0 Å². The van der Waals surface area contributed by atoms with Crippen LogP contribution in [0, 0.1) is 10.8 Å². The molecule has 0 bridgehead atoms. The summed E-state index contributed by atoms with van der Waals surface area (Å²) >= 11 is 0.